The van der Waals surface area contributed by atoms with Crippen molar-refractivity contribution in [2.75, 3.05) is 26.4 Å². The van der Waals surface area contributed by atoms with Crippen molar-refractivity contribution < 1.29 is 43.2 Å². The Balaban J connectivity index is 2.57. The highest BCUT2D eigenvalue weighted by atomic mass is 16.6. The van der Waals surface area contributed by atoms with E-state index in [1.165, 1.54) is 31.2 Å². The lowest BCUT2D eigenvalue weighted by molar-refractivity contribution is -0.151. The Morgan fingerprint density at radius 1 is 0.900 bits per heavy atom. The van der Waals surface area contributed by atoms with Crippen LogP contribution in [-0.2, 0) is 28.5 Å². The molecule has 0 spiro atoms. The zero-order chi connectivity index (χ0) is 22.7. The number of ether oxygens (including phenoxy) is 4. The van der Waals surface area contributed by atoms with E-state index in [1.54, 1.807) is 13.8 Å². The minimum absolute atomic E-state index is 0.0468. The highest BCUT2D eigenvalue weighted by Gasteiger charge is 2.20. The maximum absolute atomic E-state index is 12.3. The van der Waals surface area contributed by atoms with Gasteiger partial charge in [-0.05, 0) is 19.1 Å². The maximum Gasteiger partial charge on any atom is 0.339 e. The van der Waals surface area contributed by atoms with Crippen molar-refractivity contribution in [1.82, 2.24) is 0 Å². The number of carbonyl (C=O) groups excluding carboxylic acids is 4. The topological polar surface area (TPSA) is 125 Å². The van der Waals surface area contributed by atoms with Gasteiger partial charge in [-0.25, -0.2) is 14.4 Å². The van der Waals surface area contributed by atoms with Gasteiger partial charge in [-0.2, -0.15) is 0 Å². The summed E-state index contributed by atoms with van der Waals surface area (Å²) in [5.74, 6) is -3.09. The average Bonchev–Trinajstić information content (AvgIpc) is 2.72. The molecule has 0 saturated carbocycles. The predicted octanol–water partition coefficient (Wildman–Crippen LogP) is 1.68. The van der Waals surface area contributed by atoms with E-state index in [4.69, 9.17) is 18.9 Å². The van der Waals surface area contributed by atoms with Crippen LogP contribution in [0.15, 0.2) is 36.4 Å². The second-order valence-electron chi connectivity index (χ2n) is 6.63. The van der Waals surface area contributed by atoms with Crippen LogP contribution in [0, 0.1) is 5.92 Å². The zero-order valence-corrected chi connectivity index (χ0v) is 17.2. The van der Waals surface area contributed by atoms with Crippen molar-refractivity contribution in [3.05, 3.63) is 47.5 Å². The molecule has 1 unspecified atom stereocenters. The van der Waals surface area contributed by atoms with Gasteiger partial charge in [0.1, 0.15) is 32.5 Å². The lowest BCUT2D eigenvalue weighted by Crippen LogP contribution is -2.27. The standard InChI is InChI=1S/C21H26O9/c1-13(2)18(23)27-9-10-28-20(25)16-7-5-6-8-17(16)21(26)30-12-15(22)11-29-19(24)14(3)4/h5-8,14-15,22H,1,9-12H2,2-4H3. The molecule has 0 aliphatic carbocycles. The molecule has 0 aromatic heterocycles. The van der Waals surface area contributed by atoms with Crippen LogP contribution < -0.4 is 0 Å². The molecule has 9 heteroatoms. The van der Waals surface area contributed by atoms with Crippen LogP contribution in [0.2, 0.25) is 0 Å². The molecule has 0 heterocycles. The third kappa shape index (κ3) is 8.44. The summed E-state index contributed by atoms with van der Waals surface area (Å²) in [7, 11) is 0. The van der Waals surface area contributed by atoms with E-state index < -0.39 is 36.6 Å². The first-order valence-electron chi connectivity index (χ1n) is 9.24. The van der Waals surface area contributed by atoms with Crippen molar-refractivity contribution in [3.8, 4) is 0 Å². The zero-order valence-electron chi connectivity index (χ0n) is 17.2. The Hall–Kier alpha value is -3.20. The van der Waals surface area contributed by atoms with Gasteiger partial charge in [-0.15, -0.1) is 0 Å². The van der Waals surface area contributed by atoms with Crippen LogP contribution in [0.3, 0.4) is 0 Å². The van der Waals surface area contributed by atoms with Gasteiger partial charge in [-0.1, -0.05) is 32.6 Å². The molecule has 9 nitrogen and oxygen atoms in total. The normalized spacial score (nSPS) is 11.4. The van der Waals surface area contributed by atoms with Crippen molar-refractivity contribution in [3.63, 3.8) is 0 Å². The molecule has 164 valence electrons. The first-order valence-corrected chi connectivity index (χ1v) is 9.24. The van der Waals surface area contributed by atoms with Crippen molar-refractivity contribution in [2.24, 2.45) is 5.92 Å². The maximum atomic E-state index is 12.3. The number of aliphatic hydroxyl groups excluding tert-OH is 1. The summed E-state index contributed by atoms with van der Waals surface area (Å²) in [5, 5.41) is 9.79. The lowest BCUT2D eigenvalue weighted by Gasteiger charge is -2.14. The van der Waals surface area contributed by atoms with Crippen molar-refractivity contribution >= 4 is 23.9 Å². The van der Waals surface area contributed by atoms with E-state index in [-0.39, 0.29) is 42.4 Å². The van der Waals surface area contributed by atoms with Gasteiger partial charge in [0.25, 0.3) is 0 Å². The van der Waals surface area contributed by atoms with Gasteiger partial charge in [0.15, 0.2) is 0 Å². The molecular formula is C21H26O9. The molecule has 0 fully saturated rings. The van der Waals surface area contributed by atoms with Gasteiger partial charge in [0.2, 0.25) is 0 Å². The quantitative estimate of drug-likeness (QED) is 0.245. The molecule has 30 heavy (non-hydrogen) atoms. The molecule has 0 radical (unpaired) electrons. The summed E-state index contributed by atoms with van der Waals surface area (Å²) in [5.41, 5.74) is 0.109. The summed E-state index contributed by atoms with van der Waals surface area (Å²) in [6, 6.07) is 5.81. The van der Waals surface area contributed by atoms with Crippen molar-refractivity contribution in [1.29, 1.82) is 0 Å². The van der Waals surface area contributed by atoms with E-state index in [9.17, 15) is 24.3 Å². The molecule has 1 rings (SSSR count). The number of hydrogen-bond acceptors (Lipinski definition) is 9. The Bertz CT molecular complexity index is 782. The monoisotopic (exact) mass is 422 g/mol. The second kappa shape index (κ2) is 12.4. The lowest BCUT2D eigenvalue weighted by atomic mass is 10.1. The highest BCUT2D eigenvalue weighted by molar-refractivity contribution is 6.03. The Labute approximate surface area is 174 Å². The summed E-state index contributed by atoms with van der Waals surface area (Å²) < 4.78 is 19.7. The number of esters is 4. The minimum atomic E-state index is -1.21. The number of carbonyl (C=O) groups is 4. The third-order valence-electron chi connectivity index (χ3n) is 3.56. The summed E-state index contributed by atoms with van der Waals surface area (Å²) in [6.07, 6.45) is -1.21. The third-order valence-corrected chi connectivity index (χ3v) is 3.56. The molecule has 1 atom stereocenters. The average molecular weight is 422 g/mol. The Morgan fingerprint density at radius 2 is 1.40 bits per heavy atom. The first kappa shape index (κ1) is 24.8. The molecule has 1 aromatic rings. The largest absolute Gasteiger partial charge is 0.463 e. The highest BCUT2D eigenvalue weighted by Crippen LogP contribution is 2.12. The number of benzene rings is 1. The Morgan fingerprint density at radius 3 is 1.93 bits per heavy atom. The van der Waals surface area contributed by atoms with Crippen LogP contribution in [0.4, 0.5) is 0 Å². The smallest absolute Gasteiger partial charge is 0.339 e. The van der Waals surface area contributed by atoms with Crippen LogP contribution in [0.1, 0.15) is 41.5 Å². The van der Waals surface area contributed by atoms with Crippen molar-refractivity contribution in [2.45, 2.75) is 26.9 Å². The number of hydrogen-bond donors (Lipinski definition) is 1. The van der Waals surface area contributed by atoms with E-state index in [2.05, 4.69) is 6.58 Å². The molecule has 0 bridgehead atoms. The summed E-state index contributed by atoms with van der Waals surface area (Å²) >= 11 is 0. The van der Waals surface area contributed by atoms with E-state index in [0.717, 1.165) is 0 Å². The van der Waals surface area contributed by atoms with Gasteiger partial charge < -0.3 is 24.1 Å². The summed E-state index contributed by atoms with van der Waals surface area (Å²) in [6.45, 7) is 7.10. The fraction of sp³-hybridized carbons (Fsp3) is 0.429. The van der Waals surface area contributed by atoms with Gasteiger partial charge in [0.05, 0.1) is 17.0 Å². The fourth-order valence-electron chi connectivity index (χ4n) is 1.95. The van der Waals surface area contributed by atoms with E-state index in [0.29, 0.717) is 0 Å². The van der Waals surface area contributed by atoms with E-state index in [1.807, 2.05) is 0 Å². The molecular weight excluding hydrogens is 396 g/mol. The molecule has 0 saturated heterocycles. The second-order valence-corrected chi connectivity index (χ2v) is 6.63. The number of rotatable bonds is 11. The molecule has 1 aromatic carbocycles. The Kier molecular flexibility index (Phi) is 10.3. The molecule has 1 N–H and O–H groups in total. The summed E-state index contributed by atoms with van der Waals surface area (Å²) in [4.78, 5) is 47.2. The fourth-order valence-corrected chi connectivity index (χ4v) is 1.95. The van der Waals surface area contributed by atoms with Gasteiger partial charge >= 0.3 is 23.9 Å². The first-order chi connectivity index (χ1) is 14.1. The molecule has 0 aliphatic rings. The van der Waals surface area contributed by atoms with Crippen LogP contribution in [0.25, 0.3) is 0 Å². The number of aliphatic hydroxyl groups is 1. The van der Waals surface area contributed by atoms with Crippen LogP contribution >= 0.6 is 0 Å². The van der Waals surface area contributed by atoms with Crippen LogP contribution in [0.5, 0.6) is 0 Å². The van der Waals surface area contributed by atoms with Crippen LogP contribution in [-0.4, -0.2) is 61.5 Å². The SMILES string of the molecule is C=C(C)C(=O)OCCOC(=O)c1ccccc1C(=O)OCC(O)COC(=O)C(C)C. The van der Waals surface area contributed by atoms with Gasteiger partial charge in [0, 0.05) is 5.57 Å². The van der Waals surface area contributed by atoms with Gasteiger partial charge in [-0.3, -0.25) is 4.79 Å². The predicted molar refractivity (Wildman–Crippen MR) is 105 cm³/mol. The van der Waals surface area contributed by atoms with E-state index >= 15 is 0 Å². The minimum Gasteiger partial charge on any atom is -0.463 e. The molecule has 0 amide bonds. The molecule has 0 aliphatic heterocycles.